The van der Waals surface area contributed by atoms with Gasteiger partial charge >= 0.3 is 0 Å². The largest absolute Gasteiger partial charge is 0.351 e. The van der Waals surface area contributed by atoms with E-state index in [4.69, 9.17) is 0 Å². The highest BCUT2D eigenvalue weighted by atomic mass is 32.1. The molecule has 1 amide bonds. The number of H-pyrrole nitrogens is 1. The van der Waals surface area contributed by atoms with Gasteiger partial charge in [0.15, 0.2) is 5.69 Å². The topological polar surface area (TPSA) is 57.8 Å². The molecule has 0 saturated carbocycles. The van der Waals surface area contributed by atoms with E-state index in [1.807, 2.05) is 17.5 Å². The van der Waals surface area contributed by atoms with Crippen molar-refractivity contribution in [2.24, 2.45) is 5.92 Å². The van der Waals surface area contributed by atoms with Crippen LogP contribution in [0.5, 0.6) is 0 Å². The van der Waals surface area contributed by atoms with E-state index in [2.05, 4.69) is 29.4 Å². The number of nitrogens with zero attached hydrogens (tertiary/aromatic N) is 1. The smallest absolute Gasteiger partial charge is 0.271 e. The van der Waals surface area contributed by atoms with Crippen LogP contribution in [0, 0.1) is 5.92 Å². The fraction of sp³-hybridized carbons (Fsp3) is 0.429. The third kappa shape index (κ3) is 3.92. The molecule has 0 fully saturated rings. The molecule has 0 aromatic carbocycles. The Morgan fingerprint density at radius 3 is 3.05 bits per heavy atom. The SMILES string of the molecule is CC(C)CCCNC(=O)c1cc(-c2cccs2)[nH]n1. The van der Waals surface area contributed by atoms with Gasteiger partial charge in [-0.3, -0.25) is 9.89 Å². The van der Waals surface area contributed by atoms with Crippen LogP contribution in [-0.2, 0) is 0 Å². The maximum Gasteiger partial charge on any atom is 0.271 e. The molecule has 0 aliphatic rings. The van der Waals surface area contributed by atoms with Gasteiger partial charge in [0.2, 0.25) is 0 Å². The molecule has 2 aromatic heterocycles. The summed E-state index contributed by atoms with van der Waals surface area (Å²) in [7, 11) is 0. The average molecular weight is 277 g/mol. The van der Waals surface area contributed by atoms with Gasteiger partial charge in [-0.15, -0.1) is 11.3 Å². The van der Waals surface area contributed by atoms with Gasteiger partial charge in [-0.2, -0.15) is 5.10 Å². The van der Waals surface area contributed by atoms with Crippen LogP contribution >= 0.6 is 11.3 Å². The van der Waals surface area contributed by atoms with Crippen LogP contribution in [0.3, 0.4) is 0 Å². The monoisotopic (exact) mass is 277 g/mol. The average Bonchev–Trinajstić information content (AvgIpc) is 3.03. The summed E-state index contributed by atoms with van der Waals surface area (Å²) in [6.07, 6.45) is 2.13. The maximum absolute atomic E-state index is 11.9. The number of carbonyl (C=O) groups excluding carboxylic acids is 1. The lowest BCUT2D eigenvalue weighted by atomic mass is 10.1. The van der Waals surface area contributed by atoms with Crippen molar-refractivity contribution in [3.63, 3.8) is 0 Å². The van der Waals surface area contributed by atoms with Gasteiger partial charge < -0.3 is 5.32 Å². The van der Waals surface area contributed by atoms with Crippen LogP contribution in [0.15, 0.2) is 23.6 Å². The summed E-state index contributed by atoms with van der Waals surface area (Å²) in [5, 5.41) is 11.8. The molecule has 2 aromatic rings. The van der Waals surface area contributed by atoms with Crippen LogP contribution in [0.25, 0.3) is 10.6 Å². The van der Waals surface area contributed by atoms with E-state index in [1.54, 1.807) is 17.4 Å². The summed E-state index contributed by atoms with van der Waals surface area (Å²) < 4.78 is 0. The zero-order valence-corrected chi connectivity index (χ0v) is 12.1. The minimum atomic E-state index is -0.109. The Bertz CT molecular complexity index is 517. The second kappa shape index (κ2) is 6.52. The number of nitrogens with one attached hydrogen (secondary N) is 2. The number of amides is 1. The summed E-state index contributed by atoms with van der Waals surface area (Å²) in [6.45, 7) is 5.07. The molecule has 102 valence electrons. The summed E-state index contributed by atoms with van der Waals surface area (Å²) in [5.41, 5.74) is 1.34. The quantitative estimate of drug-likeness (QED) is 0.796. The van der Waals surface area contributed by atoms with Crippen molar-refractivity contribution < 1.29 is 4.79 Å². The fourth-order valence-corrected chi connectivity index (χ4v) is 2.49. The second-order valence-corrected chi connectivity index (χ2v) is 5.88. The minimum Gasteiger partial charge on any atom is -0.351 e. The van der Waals surface area contributed by atoms with Crippen LogP contribution in [0.1, 0.15) is 37.2 Å². The molecular weight excluding hydrogens is 258 g/mol. The lowest BCUT2D eigenvalue weighted by molar-refractivity contribution is 0.0947. The lowest BCUT2D eigenvalue weighted by Crippen LogP contribution is -2.25. The van der Waals surface area contributed by atoms with E-state index < -0.39 is 0 Å². The minimum absolute atomic E-state index is 0.109. The predicted octanol–water partition coefficient (Wildman–Crippen LogP) is 3.30. The molecule has 4 nitrogen and oxygen atoms in total. The Balaban J connectivity index is 1.86. The summed E-state index contributed by atoms with van der Waals surface area (Å²) >= 11 is 1.62. The first-order valence-corrected chi connectivity index (χ1v) is 7.42. The van der Waals surface area contributed by atoms with Gasteiger partial charge in [0, 0.05) is 6.54 Å². The van der Waals surface area contributed by atoms with Crippen molar-refractivity contribution in [1.29, 1.82) is 0 Å². The first-order chi connectivity index (χ1) is 9.16. The summed E-state index contributed by atoms with van der Waals surface area (Å²) in [4.78, 5) is 13.0. The van der Waals surface area contributed by atoms with E-state index in [0.29, 0.717) is 18.2 Å². The molecule has 5 heteroatoms. The van der Waals surface area contributed by atoms with Crippen LogP contribution < -0.4 is 5.32 Å². The predicted molar refractivity (Wildman–Crippen MR) is 78.3 cm³/mol. The molecule has 2 rings (SSSR count). The van der Waals surface area contributed by atoms with Crippen molar-refractivity contribution in [3.8, 4) is 10.6 Å². The number of hydrogen-bond donors (Lipinski definition) is 2. The van der Waals surface area contributed by atoms with Crippen molar-refractivity contribution in [2.45, 2.75) is 26.7 Å². The zero-order valence-electron chi connectivity index (χ0n) is 11.3. The normalized spacial score (nSPS) is 10.9. The first-order valence-electron chi connectivity index (χ1n) is 6.54. The highest BCUT2D eigenvalue weighted by Crippen LogP contribution is 2.22. The molecule has 0 radical (unpaired) electrons. The van der Waals surface area contributed by atoms with E-state index in [0.717, 1.165) is 23.4 Å². The number of aromatic amines is 1. The first kappa shape index (κ1) is 13.8. The Hall–Kier alpha value is -1.62. The number of aromatic nitrogens is 2. The van der Waals surface area contributed by atoms with Crippen LogP contribution in [0.4, 0.5) is 0 Å². The standard InChI is InChI=1S/C14H19N3OS/c1-10(2)5-3-7-15-14(18)12-9-11(16-17-12)13-6-4-8-19-13/h4,6,8-10H,3,5,7H2,1-2H3,(H,15,18)(H,16,17). The number of hydrogen-bond acceptors (Lipinski definition) is 3. The summed E-state index contributed by atoms with van der Waals surface area (Å²) in [5.74, 6) is 0.565. The van der Waals surface area contributed by atoms with E-state index in [1.165, 1.54) is 0 Å². The molecule has 0 unspecified atom stereocenters. The maximum atomic E-state index is 11.9. The van der Waals surface area contributed by atoms with Gasteiger partial charge in [0.05, 0.1) is 10.6 Å². The van der Waals surface area contributed by atoms with E-state index in [9.17, 15) is 4.79 Å². The van der Waals surface area contributed by atoms with Gasteiger partial charge in [-0.1, -0.05) is 19.9 Å². The van der Waals surface area contributed by atoms with Crippen LogP contribution in [0.2, 0.25) is 0 Å². The highest BCUT2D eigenvalue weighted by Gasteiger charge is 2.11. The third-order valence-corrected chi connectivity index (χ3v) is 3.74. The molecule has 0 saturated heterocycles. The fourth-order valence-electron chi connectivity index (χ4n) is 1.80. The van der Waals surface area contributed by atoms with E-state index >= 15 is 0 Å². The highest BCUT2D eigenvalue weighted by molar-refractivity contribution is 7.13. The summed E-state index contributed by atoms with van der Waals surface area (Å²) in [6, 6.07) is 5.78. The number of thiophene rings is 1. The molecule has 2 heterocycles. The van der Waals surface area contributed by atoms with Gasteiger partial charge in [-0.05, 0) is 36.3 Å². The second-order valence-electron chi connectivity index (χ2n) is 4.94. The Labute approximate surface area is 117 Å². The molecule has 19 heavy (non-hydrogen) atoms. The molecule has 0 atom stereocenters. The van der Waals surface area contributed by atoms with Crippen molar-refractivity contribution in [1.82, 2.24) is 15.5 Å². The lowest BCUT2D eigenvalue weighted by Gasteiger charge is -2.05. The van der Waals surface area contributed by atoms with Gasteiger partial charge in [-0.25, -0.2) is 0 Å². The van der Waals surface area contributed by atoms with Crippen LogP contribution in [-0.4, -0.2) is 22.6 Å². The Morgan fingerprint density at radius 2 is 2.37 bits per heavy atom. The molecular formula is C14H19N3OS. The number of carbonyl (C=O) groups is 1. The molecule has 0 bridgehead atoms. The van der Waals surface area contributed by atoms with Crippen molar-refractivity contribution >= 4 is 17.2 Å². The molecule has 0 spiro atoms. The number of rotatable bonds is 6. The zero-order chi connectivity index (χ0) is 13.7. The Morgan fingerprint density at radius 1 is 1.53 bits per heavy atom. The van der Waals surface area contributed by atoms with Crippen molar-refractivity contribution in [3.05, 3.63) is 29.3 Å². The van der Waals surface area contributed by atoms with Crippen molar-refractivity contribution in [2.75, 3.05) is 6.54 Å². The van der Waals surface area contributed by atoms with Gasteiger partial charge in [0.1, 0.15) is 0 Å². The Kier molecular flexibility index (Phi) is 4.74. The molecule has 0 aliphatic carbocycles. The van der Waals surface area contributed by atoms with Gasteiger partial charge in [0.25, 0.3) is 5.91 Å². The third-order valence-electron chi connectivity index (χ3n) is 2.84. The van der Waals surface area contributed by atoms with E-state index in [-0.39, 0.29) is 5.91 Å². The molecule has 2 N–H and O–H groups in total. The molecule has 0 aliphatic heterocycles.